The predicted octanol–water partition coefficient (Wildman–Crippen LogP) is 1.30. The molecule has 8 heteroatoms. The molecule has 0 bridgehead atoms. The van der Waals surface area contributed by atoms with E-state index in [0.29, 0.717) is 43.7 Å². The SMILES string of the molecule is O=C(NN1CCOCC1)[C@@H]1CCN(c2ccc(Br)cc2F)C1=O. The Labute approximate surface area is 141 Å². The highest BCUT2D eigenvalue weighted by Gasteiger charge is 2.39. The Morgan fingerprint density at radius 3 is 2.74 bits per heavy atom. The Hall–Kier alpha value is -1.51. The summed E-state index contributed by atoms with van der Waals surface area (Å²) in [7, 11) is 0. The first-order valence-electron chi connectivity index (χ1n) is 7.46. The minimum absolute atomic E-state index is 0.208. The molecule has 124 valence electrons. The smallest absolute Gasteiger partial charge is 0.246 e. The lowest BCUT2D eigenvalue weighted by atomic mass is 10.1. The Bertz CT molecular complexity index is 622. The number of nitrogens with one attached hydrogen (secondary N) is 1. The van der Waals surface area contributed by atoms with E-state index in [9.17, 15) is 14.0 Å². The molecule has 2 amide bonds. The van der Waals surface area contributed by atoms with Gasteiger partial charge in [0.2, 0.25) is 11.8 Å². The summed E-state index contributed by atoms with van der Waals surface area (Å²) in [6.07, 6.45) is 0.379. The molecule has 2 aliphatic heterocycles. The van der Waals surface area contributed by atoms with Gasteiger partial charge in [0.25, 0.3) is 0 Å². The zero-order valence-corrected chi connectivity index (χ0v) is 14.0. The van der Waals surface area contributed by atoms with Crippen LogP contribution in [0, 0.1) is 11.7 Å². The lowest BCUT2D eigenvalue weighted by Gasteiger charge is -2.27. The first kappa shape index (κ1) is 16.4. The number of hydrazine groups is 1. The van der Waals surface area contributed by atoms with Crippen LogP contribution in [0.3, 0.4) is 0 Å². The molecule has 1 atom stereocenters. The molecule has 2 heterocycles. The van der Waals surface area contributed by atoms with Crippen molar-refractivity contribution in [2.24, 2.45) is 5.92 Å². The molecular weight excluding hydrogens is 369 g/mol. The molecule has 2 aliphatic rings. The standard InChI is InChI=1S/C15H17BrFN3O3/c16-10-1-2-13(12(17)9-10)20-4-3-11(15(20)22)14(21)18-19-5-7-23-8-6-19/h1-2,9,11H,3-8H2,(H,18,21)/t11-/m0/s1. The topological polar surface area (TPSA) is 61.9 Å². The van der Waals surface area contributed by atoms with Gasteiger partial charge < -0.3 is 9.64 Å². The average Bonchev–Trinajstić information content (AvgIpc) is 2.90. The van der Waals surface area contributed by atoms with E-state index in [0.717, 1.165) is 0 Å². The molecule has 3 rings (SSSR count). The van der Waals surface area contributed by atoms with Crippen molar-refractivity contribution < 1.29 is 18.7 Å². The molecule has 0 aromatic heterocycles. The van der Waals surface area contributed by atoms with E-state index < -0.39 is 11.7 Å². The van der Waals surface area contributed by atoms with Crippen LogP contribution in [0.5, 0.6) is 0 Å². The van der Waals surface area contributed by atoms with E-state index >= 15 is 0 Å². The zero-order valence-electron chi connectivity index (χ0n) is 12.4. The van der Waals surface area contributed by atoms with Crippen LogP contribution in [-0.4, -0.2) is 49.7 Å². The van der Waals surface area contributed by atoms with Gasteiger partial charge in [-0.15, -0.1) is 0 Å². The third-order valence-electron chi connectivity index (χ3n) is 4.00. The van der Waals surface area contributed by atoms with Crippen LogP contribution in [0.25, 0.3) is 0 Å². The highest BCUT2D eigenvalue weighted by atomic mass is 79.9. The molecule has 6 nitrogen and oxygen atoms in total. The minimum atomic E-state index is -0.777. The largest absolute Gasteiger partial charge is 0.379 e. The van der Waals surface area contributed by atoms with Gasteiger partial charge in [-0.2, -0.15) is 0 Å². The van der Waals surface area contributed by atoms with Gasteiger partial charge in [0.1, 0.15) is 11.7 Å². The van der Waals surface area contributed by atoms with Gasteiger partial charge in [0.05, 0.1) is 18.9 Å². The van der Waals surface area contributed by atoms with Gasteiger partial charge in [0.15, 0.2) is 0 Å². The number of anilines is 1. The number of morpholine rings is 1. The van der Waals surface area contributed by atoms with E-state index in [1.807, 2.05) is 0 Å². The Kier molecular flexibility index (Phi) is 4.93. The molecule has 0 unspecified atom stereocenters. The Morgan fingerprint density at radius 1 is 1.30 bits per heavy atom. The number of ether oxygens (including phenoxy) is 1. The second-order valence-corrected chi connectivity index (χ2v) is 6.42. The van der Waals surface area contributed by atoms with E-state index in [1.54, 1.807) is 17.1 Å². The van der Waals surface area contributed by atoms with Gasteiger partial charge >= 0.3 is 0 Å². The second kappa shape index (κ2) is 6.94. The number of amides is 2. The lowest BCUT2D eigenvalue weighted by molar-refractivity contribution is -0.137. The molecule has 0 spiro atoms. The first-order valence-corrected chi connectivity index (χ1v) is 8.25. The molecule has 0 radical (unpaired) electrons. The monoisotopic (exact) mass is 385 g/mol. The van der Waals surface area contributed by atoms with Crippen molar-refractivity contribution in [3.05, 3.63) is 28.5 Å². The number of halogens is 2. The number of rotatable bonds is 3. The van der Waals surface area contributed by atoms with E-state index in [2.05, 4.69) is 21.4 Å². The molecule has 1 aromatic rings. The van der Waals surface area contributed by atoms with Gasteiger partial charge in [-0.25, -0.2) is 9.40 Å². The molecule has 0 saturated carbocycles. The average molecular weight is 386 g/mol. The highest BCUT2D eigenvalue weighted by Crippen LogP contribution is 2.29. The van der Waals surface area contributed by atoms with Crippen LogP contribution in [0.15, 0.2) is 22.7 Å². The lowest BCUT2D eigenvalue weighted by Crippen LogP contribution is -2.51. The summed E-state index contributed by atoms with van der Waals surface area (Å²) >= 11 is 3.19. The fraction of sp³-hybridized carbons (Fsp3) is 0.467. The normalized spacial score (nSPS) is 22.4. The number of nitrogens with zero attached hydrogens (tertiary/aromatic N) is 2. The summed E-state index contributed by atoms with van der Waals surface area (Å²) in [5.74, 6) is -1.96. The highest BCUT2D eigenvalue weighted by molar-refractivity contribution is 9.10. The third-order valence-corrected chi connectivity index (χ3v) is 4.50. The Balaban J connectivity index is 1.67. The van der Waals surface area contributed by atoms with Crippen molar-refractivity contribution in [2.45, 2.75) is 6.42 Å². The second-order valence-electron chi connectivity index (χ2n) is 5.50. The van der Waals surface area contributed by atoms with Crippen LogP contribution in [-0.2, 0) is 14.3 Å². The quantitative estimate of drug-likeness (QED) is 0.796. The van der Waals surface area contributed by atoms with Crippen molar-refractivity contribution in [2.75, 3.05) is 37.7 Å². The zero-order chi connectivity index (χ0) is 16.4. The van der Waals surface area contributed by atoms with Crippen LogP contribution in [0.1, 0.15) is 6.42 Å². The van der Waals surface area contributed by atoms with Crippen LogP contribution < -0.4 is 10.3 Å². The number of hydrogen-bond acceptors (Lipinski definition) is 4. The predicted molar refractivity (Wildman–Crippen MR) is 85.1 cm³/mol. The van der Waals surface area contributed by atoms with Gasteiger partial charge in [0, 0.05) is 24.1 Å². The third kappa shape index (κ3) is 3.54. The maximum absolute atomic E-state index is 14.0. The van der Waals surface area contributed by atoms with Crippen molar-refractivity contribution >= 4 is 33.4 Å². The molecule has 1 aromatic carbocycles. The maximum Gasteiger partial charge on any atom is 0.246 e. The summed E-state index contributed by atoms with van der Waals surface area (Å²) in [5.41, 5.74) is 2.96. The summed E-state index contributed by atoms with van der Waals surface area (Å²) in [4.78, 5) is 26.1. The van der Waals surface area contributed by atoms with Crippen molar-refractivity contribution in [1.82, 2.24) is 10.4 Å². The summed E-state index contributed by atoms with van der Waals surface area (Å²) < 4.78 is 19.8. The Morgan fingerprint density at radius 2 is 2.04 bits per heavy atom. The molecule has 2 fully saturated rings. The van der Waals surface area contributed by atoms with Crippen molar-refractivity contribution in [3.63, 3.8) is 0 Å². The van der Waals surface area contributed by atoms with E-state index in [4.69, 9.17) is 4.74 Å². The fourth-order valence-electron chi connectivity index (χ4n) is 2.77. The summed E-state index contributed by atoms with van der Waals surface area (Å²) in [6.45, 7) is 2.62. The molecule has 2 saturated heterocycles. The van der Waals surface area contributed by atoms with Crippen LogP contribution in [0.2, 0.25) is 0 Å². The minimum Gasteiger partial charge on any atom is -0.379 e. The van der Waals surface area contributed by atoms with Crippen LogP contribution in [0.4, 0.5) is 10.1 Å². The van der Waals surface area contributed by atoms with Crippen LogP contribution >= 0.6 is 15.9 Å². The first-order chi connectivity index (χ1) is 11.1. The molecule has 23 heavy (non-hydrogen) atoms. The fourth-order valence-corrected chi connectivity index (χ4v) is 3.10. The van der Waals surface area contributed by atoms with Crippen molar-refractivity contribution in [3.8, 4) is 0 Å². The van der Waals surface area contributed by atoms with E-state index in [1.165, 1.54) is 11.0 Å². The van der Waals surface area contributed by atoms with Crippen molar-refractivity contribution in [1.29, 1.82) is 0 Å². The number of benzene rings is 1. The summed E-state index contributed by atoms with van der Waals surface area (Å²) in [5, 5.41) is 1.75. The molecule has 1 N–H and O–H groups in total. The maximum atomic E-state index is 14.0. The van der Waals surface area contributed by atoms with Gasteiger partial charge in [-0.1, -0.05) is 15.9 Å². The molecule has 0 aliphatic carbocycles. The van der Waals surface area contributed by atoms with E-state index in [-0.39, 0.29) is 17.5 Å². The molecular formula is C15H17BrFN3O3. The van der Waals surface area contributed by atoms with Gasteiger partial charge in [-0.3, -0.25) is 15.0 Å². The number of carbonyl (C=O) groups is 2. The number of carbonyl (C=O) groups excluding carboxylic acids is 2. The number of hydrogen-bond donors (Lipinski definition) is 1. The van der Waals surface area contributed by atoms with Gasteiger partial charge in [-0.05, 0) is 24.6 Å². The summed E-state index contributed by atoms with van der Waals surface area (Å²) in [6, 6.07) is 4.52.